The zero-order valence-corrected chi connectivity index (χ0v) is 78.6. The van der Waals surface area contributed by atoms with E-state index in [9.17, 15) is 24.0 Å². The number of nitrogens with zero attached hydrogens (tertiary/aromatic N) is 11. The van der Waals surface area contributed by atoms with Crippen LogP contribution in [0, 0.1) is 23.7 Å². The zero-order chi connectivity index (χ0) is 94.8. The number of hydrogen-bond donors (Lipinski definition) is 15. The van der Waals surface area contributed by atoms with Crippen LogP contribution in [0.1, 0.15) is 283 Å². The van der Waals surface area contributed by atoms with E-state index in [4.69, 9.17) is 28.7 Å². The Labute approximate surface area is 797 Å². The predicted octanol–water partition coefficient (Wildman–Crippen LogP) is 17.5. The molecule has 4 aromatic carbocycles. The van der Waals surface area contributed by atoms with Crippen LogP contribution in [-0.2, 0) is 45.1 Å². The van der Waals surface area contributed by atoms with Crippen LogP contribution >= 0.6 is 0 Å². The number of nitrogens with two attached hydrogens (primary N) is 5. The van der Waals surface area contributed by atoms with E-state index in [1.165, 1.54) is 109 Å². The van der Waals surface area contributed by atoms with Gasteiger partial charge < -0.3 is 81.8 Å². The molecule has 31 nitrogen and oxygen atoms in total. The third-order valence-electron chi connectivity index (χ3n) is 27.2. The van der Waals surface area contributed by atoms with Gasteiger partial charge in [-0.2, -0.15) is 19.9 Å². The molecule has 11 aromatic rings. The number of pyridine rings is 3. The number of hydrogen-bond acceptors (Lipinski definition) is 26. The molecule has 0 saturated heterocycles. The van der Waals surface area contributed by atoms with Gasteiger partial charge in [-0.25, -0.2) is 24.9 Å². The SMILES string of the molecule is C[C@H]1CCC[C@@H](Nc2nc(N[C@@H]3CCCc4ccccc43)ncc2C(N)=O)C1.C[C@H]1CCC[C@@H](Nc2nc(N[C@@H]3CCc4ncccc4C3)ncc2C(N)=O)C1.C[C@H]1CCC[C@@H](Nc2nc(N[C@H]3CCCc4ccccc43)ncc2C(N)=O)C1.C[C@H]1CCC[C@@H](Nc2nc(N[C@H]3CCc4ncccc4C3)ncc2C(N)=O)C1.NC(=O)c1ccc(NCc2ccccc2)nc1Nc1ccccc1. The van der Waals surface area contributed by atoms with Crippen molar-refractivity contribution in [2.45, 2.75) is 262 Å². The van der Waals surface area contributed by atoms with Crippen molar-refractivity contribution in [1.29, 1.82) is 0 Å². The van der Waals surface area contributed by atoms with Crippen molar-refractivity contribution in [3.63, 3.8) is 0 Å². The molecule has 19 rings (SSSR count). The molecule has 136 heavy (non-hydrogen) atoms. The number of benzene rings is 4. The second-order valence-electron chi connectivity index (χ2n) is 38.0. The Kier molecular flexibility index (Phi) is 33.6. The summed E-state index contributed by atoms with van der Waals surface area (Å²) in [6.07, 6.45) is 40.6. The van der Waals surface area contributed by atoms with Crippen molar-refractivity contribution >= 4 is 93.9 Å². The van der Waals surface area contributed by atoms with Crippen molar-refractivity contribution in [1.82, 2.24) is 54.8 Å². The lowest BCUT2D eigenvalue weighted by molar-refractivity contribution is 0.0991. The first-order chi connectivity index (χ1) is 66.1. The first-order valence-electron chi connectivity index (χ1n) is 48.8. The fourth-order valence-electron chi connectivity index (χ4n) is 20.2. The average molecular weight is 1840 g/mol. The molecule has 0 bridgehead atoms. The Balaban J connectivity index is 0.000000129. The highest BCUT2D eigenvalue weighted by Crippen LogP contribution is 2.38. The van der Waals surface area contributed by atoms with Crippen molar-refractivity contribution < 1.29 is 24.0 Å². The van der Waals surface area contributed by atoms with E-state index in [2.05, 4.69) is 196 Å². The largest absolute Gasteiger partial charge is 0.366 e. The van der Waals surface area contributed by atoms with Gasteiger partial charge in [-0.3, -0.25) is 33.9 Å². The van der Waals surface area contributed by atoms with E-state index in [-0.39, 0.29) is 24.2 Å². The molecule has 5 amide bonds. The number of carbonyl (C=O) groups excluding carboxylic acids is 5. The molecule has 4 saturated carbocycles. The van der Waals surface area contributed by atoms with E-state index in [1.54, 1.807) is 24.5 Å². The Hall–Kier alpha value is -14.0. The number of rotatable bonds is 26. The molecule has 8 aliphatic carbocycles. The second kappa shape index (κ2) is 47.3. The van der Waals surface area contributed by atoms with Gasteiger partial charge >= 0.3 is 0 Å². The molecule has 0 radical (unpaired) electrons. The van der Waals surface area contributed by atoms with Gasteiger partial charge in [0.25, 0.3) is 29.5 Å². The number of carbonyl (C=O) groups is 5. The van der Waals surface area contributed by atoms with Crippen molar-refractivity contribution in [3.05, 3.63) is 261 Å². The van der Waals surface area contributed by atoms with E-state index >= 15 is 0 Å². The van der Waals surface area contributed by atoms with Crippen molar-refractivity contribution in [2.24, 2.45) is 52.3 Å². The number of anilines is 11. The van der Waals surface area contributed by atoms with Crippen LogP contribution < -0.4 is 81.8 Å². The number of fused-ring (bicyclic) bond motifs is 4. The van der Waals surface area contributed by atoms with Crippen LogP contribution in [-0.4, -0.2) is 121 Å². The van der Waals surface area contributed by atoms with E-state index in [0.29, 0.717) is 141 Å². The summed E-state index contributed by atoms with van der Waals surface area (Å²) < 4.78 is 0. The molecule has 7 heterocycles. The van der Waals surface area contributed by atoms with Crippen molar-refractivity contribution in [3.8, 4) is 0 Å². The van der Waals surface area contributed by atoms with Crippen LogP contribution in [0.4, 0.5) is 64.4 Å². The van der Waals surface area contributed by atoms with Crippen LogP contribution in [0.2, 0.25) is 0 Å². The minimum atomic E-state index is -0.518. The van der Waals surface area contributed by atoms with Gasteiger partial charge in [-0.1, -0.05) is 188 Å². The summed E-state index contributed by atoms with van der Waals surface area (Å²) in [5.74, 6) is 5.64. The first-order valence-corrected chi connectivity index (χ1v) is 48.8. The summed E-state index contributed by atoms with van der Waals surface area (Å²) in [4.78, 5) is 108. The zero-order valence-electron chi connectivity index (χ0n) is 78.6. The number of primary amides is 5. The summed E-state index contributed by atoms with van der Waals surface area (Å²) in [6, 6.07) is 50.4. The van der Waals surface area contributed by atoms with Gasteiger partial charge in [0.15, 0.2) is 0 Å². The topological polar surface area (TPSA) is 478 Å². The van der Waals surface area contributed by atoms with Gasteiger partial charge in [0.2, 0.25) is 23.8 Å². The van der Waals surface area contributed by atoms with Crippen molar-refractivity contribution in [2.75, 3.05) is 53.2 Å². The molecule has 0 aliphatic heterocycles. The van der Waals surface area contributed by atoms with Crippen LogP contribution in [0.3, 0.4) is 0 Å². The lowest BCUT2D eigenvalue weighted by Crippen LogP contribution is -2.30. The standard InChI is InChI=1S/2C22H29N5O.2C21H28N6O.C19H18N4O/c2*1-14-6-4-9-16(12-14)25-21-18(20(23)28)13-24-22(27-21)26-19-11-5-8-15-7-2-3-10-17(15)19;2*1-13-4-2-6-15(10-13)25-20-17(19(22)28)12-24-21(27-20)26-16-7-8-18-14(11-16)5-3-9-23-18;20-18(24)16-11-12-17(21-13-14-7-3-1-4-8-14)23-19(16)22-15-9-5-2-6-10-15/h2*2-3,7,10,13-14,16,19H,4-6,8-9,11-12H2,1H3,(H2,23,28)(H2,24,25,26,27);2*3,5,9,12-13,15-16H,2,4,6-8,10-11H2,1H3,(H2,22,28)(H2,24,25,26,27);1-12H,13H2,(H2,20,24)(H2,21,22,23)/t14-,16+,19+;14-,16+,19-;13-,15+,16+;13-,15+,16-;/m0000./s1. The molecular weight excluding hydrogens is 1710 g/mol. The predicted molar refractivity (Wildman–Crippen MR) is 537 cm³/mol. The fraction of sp³-hybridized carbons (Fsp3) is 0.429. The smallest absolute Gasteiger partial charge is 0.254 e. The summed E-state index contributed by atoms with van der Waals surface area (Å²) in [6.45, 7) is 9.73. The molecule has 7 aromatic heterocycles. The summed E-state index contributed by atoms with van der Waals surface area (Å²) in [7, 11) is 0. The Morgan fingerprint density at radius 2 is 0.662 bits per heavy atom. The summed E-state index contributed by atoms with van der Waals surface area (Å²) in [5, 5.41) is 34.0. The number of para-hydroxylation sites is 1. The fourth-order valence-corrected chi connectivity index (χ4v) is 20.2. The third kappa shape index (κ3) is 27.2. The highest BCUT2D eigenvalue weighted by molar-refractivity contribution is 6.00. The molecule has 8 aliphatic rings. The van der Waals surface area contributed by atoms with E-state index in [0.717, 1.165) is 140 Å². The normalized spacial score (nSPS) is 21.8. The minimum Gasteiger partial charge on any atom is -0.366 e. The quantitative estimate of drug-likeness (QED) is 0.0239. The molecule has 31 heteroatoms. The van der Waals surface area contributed by atoms with Crippen LogP contribution in [0.15, 0.2) is 183 Å². The number of aromatic nitrogens is 11. The van der Waals surface area contributed by atoms with Crippen LogP contribution in [0.25, 0.3) is 0 Å². The Bertz CT molecular complexity index is 5590. The van der Waals surface area contributed by atoms with Gasteiger partial charge in [-0.05, 0) is 227 Å². The van der Waals surface area contributed by atoms with E-state index < -0.39 is 29.5 Å². The second-order valence-corrected chi connectivity index (χ2v) is 38.0. The first kappa shape index (κ1) is 96.6. The van der Waals surface area contributed by atoms with Gasteiger partial charge in [0, 0.05) is 97.1 Å². The lowest BCUT2D eigenvalue weighted by Gasteiger charge is -2.29. The average Bonchev–Trinajstić information content (AvgIpc) is 0.827. The number of nitrogens with one attached hydrogen (secondary N) is 10. The highest BCUT2D eigenvalue weighted by atomic mass is 16.2. The minimum absolute atomic E-state index is 0.187. The maximum atomic E-state index is 11.9. The van der Waals surface area contributed by atoms with Crippen LogP contribution in [0.5, 0.6) is 0 Å². The molecule has 4 fully saturated rings. The number of amides is 5. The third-order valence-corrected chi connectivity index (χ3v) is 27.2. The Morgan fingerprint density at radius 1 is 0.309 bits per heavy atom. The monoisotopic (exact) mass is 1840 g/mol. The van der Waals surface area contributed by atoms with Gasteiger partial charge in [-0.15, -0.1) is 0 Å². The molecule has 0 spiro atoms. The van der Waals surface area contributed by atoms with Gasteiger partial charge in [0.1, 0.15) is 34.9 Å². The summed E-state index contributed by atoms with van der Waals surface area (Å²) >= 11 is 0. The van der Waals surface area contributed by atoms with Gasteiger partial charge in [0.05, 0.1) is 39.9 Å². The lowest BCUT2D eigenvalue weighted by atomic mass is 9.87. The maximum absolute atomic E-state index is 11.9. The molecule has 12 atom stereocenters. The maximum Gasteiger partial charge on any atom is 0.254 e. The molecule has 0 unspecified atom stereocenters. The Morgan fingerprint density at radius 3 is 1.04 bits per heavy atom. The number of aryl methyl sites for hydroxylation is 4. The molecular formula is C105H132N26O5. The van der Waals surface area contributed by atoms with E-state index in [1.807, 2.05) is 85.2 Å². The molecule has 712 valence electrons. The summed E-state index contributed by atoms with van der Waals surface area (Å²) in [5.41, 5.74) is 41.7. The highest BCUT2D eigenvalue weighted by Gasteiger charge is 2.31. The molecule has 20 N–H and O–H groups in total.